The van der Waals surface area contributed by atoms with Gasteiger partial charge in [-0.1, -0.05) is 100 Å². The van der Waals surface area contributed by atoms with Crippen molar-refractivity contribution in [2.45, 2.75) is 157 Å². The third-order valence-electron chi connectivity index (χ3n) is 11.2. The Kier molecular flexibility index (Phi) is 13.7. The number of ether oxygens (including phenoxy) is 2. The van der Waals surface area contributed by atoms with E-state index in [-0.39, 0.29) is 33.6 Å². The second kappa shape index (κ2) is 15.5. The highest BCUT2D eigenvalue weighted by Crippen LogP contribution is 2.42. The molecular weight excluding hydrogens is 617 g/mol. The number of rotatable bonds is 15. The minimum absolute atomic E-state index is 0.0970. The molecule has 2 aromatic carbocycles. The normalized spacial score (nSPS) is 15.0. The van der Waals surface area contributed by atoms with Crippen molar-refractivity contribution in [2.24, 2.45) is 5.41 Å². The SMILES string of the molecule is CCC(CC)(c1ccc(OCC(CO[Si](C)(C)C(C)(C)C)O[Si](C)(C)C(C)(C)C)c(C)c1)c1ccc(OCC(O)C(C)(C)C)c(C)c1. The molecule has 5 nitrogen and oxygen atoms in total. The summed E-state index contributed by atoms with van der Waals surface area (Å²) in [5.41, 5.74) is 4.42. The van der Waals surface area contributed by atoms with Crippen molar-refractivity contribution in [3.8, 4) is 11.5 Å². The van der Waals surface area contributed by atoms with E-state index in [0.29, 0.717) is 13.2 Å². The van der Waals surface area contributed by atoms with Crippen LogP contribution in [0.1, 0.15) is 111 Å². The van der Waals surface area contributed by atoms with Gasteiger partial charge in [0.25, 0.3) is 0 Å². The molecule has 0 aliphatic carbocycles. The van der Waals surface area contributed by atoms with Crippen molar-refractivity contribution in [1.29, 1.82) is 0 Å². The summed E-state index contributed by atoms with van der Waals surface area (Å²) in [4.78, 5) is 0. The van der Waals surface area contributed by atoms with E-state index in [1.807, 2.05) is 20.8 Å². The fraction of sp³-hybridized carbons (Fsp3) is 0.700. The number of hydrogen-bond donors (Lipinski definition) is 1. The number of hydrogen-bond acceptors (Lipinski definition) is 5. The van der Waals surface area contributed by atoms with Crippen LogP contribution < -0.4 is 9.47 Å². The summed E-state index contributed by atoms with van der Waals surface area (Å²) in [6.07, 6.45) is 1.27. The van der Waals surface area contributed by atoms with E-state index in [9.17, 15) is 5.11 Å². The van der Waals surface area contributed by atoms with E-state index in [0.717, 1.165) is 35.5 Å². The van der Waals surface area contributed by atoms with Gasteiger partial charge in [0, 0.05) is 5.41 Å². The van der Waals surface area contributed by atoms with Gasteiger partial charge in [-0.15, -0.1) is 0 Å². The van der Waals surface area contributed by atoms with Gasteiger partial charge in [-0.05, 0) is 103 Å². The molecule has 2 unspecified atom stereocenters. The molecule has 0 spiro atoms. The van der Waals surface area contributed by atoms with Crippen LogP contribution in [0.2, 0.25) is 36.3 Å². The van der Waals surface area contributed by atoms with Gasteiger partial charge in [-0.25, -0.2) is 0 Å². The minimum atomic E-state index is -2.04. The molecule has 7 heteroatoms. The maximum atomic E-state index is 10.5. The number of benzene rings is 2. The van der Waals surface area contributed by atoms with Crippen molar-refractivity contribution >= 4 is 16.6 Å². The summed E-state index contributed by atoms with van der Waals surface area (Å²) in [5, 5.41) is 10.7. The highest BCUT2D eigenvalue weighted by molar-refractivity contribution is 6.74. The molecule has 0 aliphatic heterocycles. The van der Waals surface area contributed by atoms with Gasteiger partial charge in [0.2, 0.25) is 0 Å². The third-order valence-corrected chi connectivity index (χ3v) is 20.2. The van der Waals surface area contributed by atoms with Gasteiger partial charge >= 0.3 is 0 Å². The van der Waals surface area contributed by atoms with Crippen LogP contribution in [-0.2, 0) is 14.3 Å². The van der Waals surface area contributed by atoms with E-state index >= 15 is 0 Å². The Labute approximate surface area is 291 Å². The van der Waals surface area contributed by atoms with Crippen LogP contribution in [0.5, 0.6) is 11.5 Å². The van der Waals surface area contributed by atoms with Crippen molar-refractivity contribution in [3.63, 3.8) is 0 Å². The Morgan fingerprint density at radius 3 is 1.43 bits per heavy atom. The van der Waals surface area contributed by atoms with Gasteiger partial charge < -0.3 is 23.4 Å². The lowest BCUT2D eigenvalue weighted by atomic mass is 9.70. The van der Waals surface area contributed by atoms with Crippen LogP contribution in [0.4, 0.5) is 0 Å². The van der Waals surface area contributed by atoms with Gasteiger partial charge in [0.05, 0.1) is 12.7 Å². The Morgan fingerprint density at radius 2 is 1.06 bits per heavy atom. The average Bonchev–Trinajstić information content (AvgIpc) is 2.93. The molecule has 0 fully saturated rings. The first-order valence-electron chi connectivity index (χ1n) is 17.8. The van der Waals surface area contributed by atoms with Crippen LogP contribution in [0, 0.1) is 19.3 Å². The lowest BCUT2D eigenvalue weighted by Gasteiger charge is -2.41. The molecule has 0 amide bonds. The maximum absolute atomic E-state index is 10.5. The molecule has 0 aliphatic rings. The van der Waals surface area contributed by atoms with Crippen molar-refractivity contribution in [2.75, 3.05) is 19.8 Å². The highest BCUT2D eigenvalue weighted by atomic mass is 28.4. The van der Waals surface area contributed by atoms with E-state index in [4.69, 9.17) is 18.3 Å². The predicted octanol–water partition coefficient (Wildman–Crippen LogP) is 11.0. The standard InChI is InChI=1S/C40H70O5Si2/c1-18-40(19-2,32-21-23-35(30(4)25-32)43-28-36(41)37(5,6)7)31-20-22-34(29(3)24-31)42-26-33(45-47(16,17)39(11,12)13)27-44-46(14,15)38(8,9)10/h20-25,33,36,41H,18-19,26-28H2,1-17H3. The van der Waals surface area contributed by atoms with Crippen molar-refractivity contribution in [3.05, 3.63) is 58.7 Å². The zero-order valence-electron chi connectivity index (χ0n) is 33.2. The molecule has 1 N–H and O–H groups in total. The maximum Gasteiger partial charge on any atom is 0.192 e. The number of aryl methyl sites for hydroxylation is 2. The van der Waals surface area contributed by atoms with Crippen LogP contribution >= 0.6 is 0 Å². The molecule has 0 heterocycles. The summed E-state index contributed by atoms with van der Waals surface area (Å²) in [5.74, 6) is 1.72. The first-order chi connectivity index (χ1) is 21.3. The topological polar surface area (TPSA) is 57.2 Å². The molecular formula is C40H70O5Si2. The second-order valence-corrected chi connectivity index (χ2v) is 27.4. The Morgan fingerprint density at radius 1 is 0.638 bits per heavy atom. The fourth-order valence-electron chi connectivity index (χ4n) is 5.28. The van der Waals surface area contributed by atoms with Gasteiger partial charge in [-0.2, -0.15) is 0 Å². The zero-order chi connectivity index (χ0) is 36.2. The van der Waals surface area contributed by atoms with E-state index in [1.165, 1.54) is 11.1 Å². The Bertz CT molecular complexity index is 1290. The van der Waals surface area contributed by atoms with E-state index < -0.39 is 22.7 Å². The summed E-state index contributed by atoms with van der Waals surface area (Å²) in [7, 11) is -3.98. The summed E-state index contributed by atoms with van der Waals surface area (Å²) in [6, 6.07) is 13.2. The molecule has 0 saturated heterocycles. The monoisotopic (exact) mass is 686 g/mol. The van der Waals surface area contributed by atoms with Crippen LogP contribution in [0.15, 0.2) is 36.4 Å². The van der Waals surface area contributed by atoms with Crippen LogP contribution in [0.3, 0.4) is 0 Å². The smallest absolute Gasteiger partial charge is 0.192 e. The second-order valence-electron chi connectivity index (χ2n) is 17.8. The molecule has 0 aromatic heterocycles. The van der Waals surface area contributed by atoms with Crippen molar-refractivity contribution < 1.29 is 23.4 Å². The zero-order valence-corrected chi connectivity index (χ0v) is 35.2. The quantitative estimate of drug-likeness (QED) is 0.189. The molecule has 0 saturated carbocycles. The lowest BCUT2D eigenvalue weighted by Crippen LogP contribution is -2.49. The summed E-state index contributed by atoms with van der Waals surface area (Å²) in [6.45, 7) is 39.0. The average molecular weight is 687 g/mol. The van der Waals surface area contributed by atoms with Crippen LogP contribution in [0.25, 0.3) is 0 Å². The first-order valence-corrected chi connectivity index (χ1v) is 23.6. The van der Waals surface area contributed by atoms with Crippen LogP contribution in [-0.4, -0.2) is 53.8 Å². The fourth-order valence-corrected chi connectivity index (χ4v) is 7.64. The Hall–Kier alpha value is -1.65. The molecule has 268 valence electrons. The highest BCUT2D eigenvalue weighted by Gasteiger charge is 2.42. The van der Waals surface area contributed by atoms with Crippen molar-refractivity contribution in [1.82, 2.24) is 0 Å². The van der Waals surface area contributed by atoms with Gasteiger partial charge in [0.1, 0.15) is 30.8 Å². The summed E-state index contributed by atoms with van der Waals surface area (Å²) < 4.78 is 26.2. The van der Waals surface area contributed by atoms with Gasteiger partial charge in [-0.3, -0.25) is 0 Å². The number of aliphatic hydroxyl groups excluding tert-OH is 1. The largest absolute Gasteiger partial charge is 0.491 e. The molecule has 0 bridgehead atoms. The van der Waals surface area contributed by atoms with Gasteiger partial charge in [0.15, 0.2) is 16.6 Å². The van der Waals surface area contributed by atoms with E-state index in [2.05, 4.69) is 132 Å². The molecule has 47 heavy (non-hydrogen) atoms. The number of aliphatic hydroxyl groups is 1. The molecule has 2 atom stereocenters. The molecule has 2 rings (SSSR count). The van der Waals surface area contributed by atoms with E-state index in [1.54, 1.807) is 0 Å². The first kappa shape index (κ1) is 41.5. The molecule has 0 radical (unpaired) electrons. The lowest BCUT2D eigenvalue weighted by molar-refractivity contribution is 0.0216. The minimum Gasteiger partial charge on any atom is -0.491 e. The Balaban J connectivity index is 2.33. The predicted molar refractivity (Wildman–Crippen MR) is 205 cm³/mol. The third kappa shape index (κ3) is 10.4. The molecule has 2 aromatic rings. The summed E-state index contributed by atoms with van der Waals surface area (Å²) >= 11 is 0.